The topological polar surface area (TPSA) is 96.2 Å². The van der Waals surface area contributed by atoms with Crippen LogP contribution in [-0.2, 0) is 4.74 Å². The van der Waals surface area contributed by atoms with E-state index in [1.54, 1.807) is 11.8 Å². The maximum Gasteiger partial charge on any atom is 0.330 e. The molecule has 17 heavy (non-hydrogen) atoms. The van der Waals surface area contributed by atoms with Crippen LogP contribution in [0.2, 0.25) is 0 Å². The number of aromatic nitrogens is 2. The zero-order valence-corrected chi connectivity index (χ0v) is 9.70. The first-order valence-corrected chi connectivity index (χ1v) is 5.63. The van der Waals surface area contributed by atoms with Crippen LogP contribution in [-0.4, -0.2) is 27.9 Å². The van der Waals surface area contributed by atoms with Crippen LogP contribution in [0.5, 0.6) is 0 Å². The standard InChI is InChI=1S/C10H16N4O3/c1-17-8-4-2-7(3-5-8)13-10(11)9(6-12-13)14(15)16/h6-8H,2-5,11H2,1H3. The first-order chi connectivity index (χ1) is 8.13. The highest BCUT2D eigenvalue weighted by Gasteiger charge is 2.27. The number of methoxy groups -OCH3 is 1. The van der Waals surface area contributed by atoms with Crippen molar-refractivity contribution in [2.24, 2.45) is 0 Å². The lowest BCUT2D eigenvalue weighted by molar-refractivity contribution is -0.384. The van der Waals surface area contributed by atoms with Crippen LogP contribution in [0, 0.1) is 10.1 Å². The Hall–Kier alpha value is -1.63. The fourth-order valence-corrected chi connectivity index (χ4v) is 2.32. The zero-order valence-electron chi connectivity index (χ0n) is 9.70. The average Bonchev–Trinajstić information content (AvgIpc) is 2.71. The molecule has 1 aliphatic rings. The number of hydrogen-bond donors (Lipinski definition) is 1. The highest BCUT2D eigenvalue weighted by Crippen LogP contribution is 2.33. The molecule has 0 aliphatic heterocycles. The number of nitrogens with zero attached hydrogens (tertiary/aromatic N) is 3. The third kappa shape index (κ3) is 2.23. The van der Waals surface area contributed by atoms with E-state index in [0.717, 1.165) is 25.7 Å². The minimum Gasteiger partial charge on any atom is -0.381 e. The first kappa shape index (κ1) is 11.8. The van der Waals surface area contributed by atoms with Crippen molar-refractivity contribution in [2.45, 2.75) is 37.8 Å². The van der Waals surface area contributed by atoms with E-state index in [9.17, 15) is 10.1 Å². The van der Waals surface area contributed by atoms with Gasteiger partial charge < -0.3 is 10.5 Å². The van der Waals surface area contributed by atoms with Gasteiger partial charge in [-0.3, -0.25) is 10.1 Å². The van der Waals surface area contributed by atoms with E-state index < -0.39 is 4.92 Å². The molecule has 0 atom stereocenters. The van der Waals surface area contributed by atoms with Gasteiger partial charge in [0.05, 0.1) is 17.1 Å². The van der Waals surface area contributed by atoms with Crippen LogP contribution in [0.3, 0.4) is 0 Å². The maximum absolute atomic E-state index is 10.7. The molecule has 1 aliphatic carbocycles. The van der Waals surface area contributed by atoms with Gasteiger partial charge in [-0.25, -0.2) is 4.68 Å². The summed E-state index contributed by atoms with van der Waals surface area (Å²) < 4.78 is 6.85. The van der Waals surface area contributed by atoms with Crippen LogP contribution >= 0.6 is 0 Å². The van der Waals surface area contributed by atoms with Crippen molar-refractivity contribution in [1.29, 1.82) is 0 Å². The zero-order chi connectivity index (χ0) is 12.4. The number of nitrogen functional groups attached to an aromatic ring is 1. The maximum atomic E-state index is 10.7. The molecule has 1 saturated carbocycles. The summed E-state index contributed by atoms with van der Waals surface area (Å²) in [6.45, 7) is 0. The van der Waals surface area contributed by atoms with Gasteiger partial charge in [0.1, 0.15) is 6.20 Å². The molecular weight excluding hydrogens is 224 g/mol. The predicted molar refractivity (Wildman–Crippen MR) is 61.6 cm³/mol. The molecule has 7 heteroatoms. The second-order valence-corrected chi connectivity index (χ2v) is 4.28. The Kier molecular flexibility index (Phi) is 3.28. The molecule has 2 N–H and O–H groups in total. The third-order valence-corrected chi connectivity index (χ3v) is 3.33. The first-order valence-electron chi connectivity index (χ1n) is 5.63. The number of rotatable bonds is 3. The molecule has 0 unspecified atom stereocenters. The van der Waals surface area contributed by atoms with Crippen molar-refractivity contribution >= 4 is 11.5 Å². The Morgan fingerprint density at radius 2 is 2.18 bits per heavy atom. The van der Waals surface area contributed by atoms with Crippen molar-refractivity contribution in [3.63, 3.8) is 0 Å². The molecule has 1 aromatic heterocycles. The number of anilines is 1. The lowest BCUT2D eigenvalue weighted by Crippen LogP contribution is -2.24. The van der Waals surface area contributed by atoms with Crippen molar-refractivity contribution in [1.82, 2.24) is 9.78 Å². The van der Waals surface area contributed by atoms with Gasteiger partial charge >= 0.3 is 5.69 Å². The molecule has 0 radical (unpaired) electrons. The van der Waals surface area contributed by atoms with Gasteiger partial charge in [0.15, 0.2) is 0 Å². The smallest absolute Gasteiger partial charge is 0.330 e. The van der Waals surface area contributed by atoms with Crippen LogP contribution in [0.1, 0.15) is 31.7 Å². The summed E-state index contributed by atoms with van der Waals surface area (Å²) in [6, 6.07) is 0.148. The van der Waals surface area contributed by atoms with Crippen molar-refractivity contribution in [3.05, 3.63) is 16.3 Å². The third-order valence-electron chi connectivity index (χ3n) is 3.33. The highest BCUT2D eigenvalue weighted by molar-refractivity contribution is 5.51. The van der Waals surface area contributed by atoms with Gasteiger partial charge in [0, 0.05) is 7.11 Å². The normalized spacial score (nSPS) is 24.8. The second-order valence-electron chi connectivity index (χ2n) is 4.28. The SMILES string of the molecule is COC1CCC(n2ncc([N+](=O)[O-])c2N)CC1. The molecule has 0 aromatic carbocycles. The van der Waals surface area contributed by atoms with E-state index in [0.29, 0.717) is 0 Å². The number of nitrogens with two attached hydrogens (primary N) is 1. The minimum atomic E-state index is -0.500. The Morgan fingerprint density at radius 1 is 1.53 bits per heavy atom. The molecule has 94 valence electrons. The minimum absolute atomic E-state index is 0.112. The lowest BCUT2D eigenvalue weighted by atomic mass is 9.93. The highest BCUT2D eigenvalue weighted by atomic mass is 16.6. The van der Waals surface area contributed by atoms with E-state index >= 15 is 0 Å². The molecular formula is C10H16N4O3. The van der Waals surface area contributed by atoms with Crippen LogP contribution in [0.4, 0.5) is 11.5 Å². The molecule has 1 fully saturated rings. The predicted octanol–water partition coefficient (Wildman–Crippen LogP) is 1.50. The van der Waals surface area contributed by atoms with Crippen LogP contribution in [0.25, 0.3) is 0 Å². The summed E-state index contributed by atoms with van der Waals surface area (Å²) in [6.07, 6.45) is 5.17. The second kappa shape index (κ2) is 4.70. The van der Waals surface area contributed by atoms with Gasteiger partial charge in [-0.05, 0) is 25.7 Å². The van der Waals surface area contributed by atoms with E-state index in [1.165, 1.54) is 6.20 Å². The van der Waals surface area contributed by atoms with Crippen LogP contribution in [0.15, 0.2) is 6.20 Å². The Labute approximate surface area is 98.7 Å². The fourth-order valence-electron chi connectivity index (χ4n) is 2.32. The van der Waals surface area contributed by atoms with Gasteiger partial charge in [0.25, 0.3) is 0 Å². The van der Waals surface area contributed by atoms with Gasteiger partial charge in [-0.1, -0.05) is 0 Å². The molecule has 2 rings (SSSR count). The Morgan fingerprint density at radius 3 is 2.65 bits per heavy atom. The Bertz CT molecular complexity index is 410. The van der Waals surface area contributed by atoms with E-state index in [1.807, 2.05) is 0 Å². The monoisotopic (exact) mass is 240 g/mol. The van der Waals surface area contributed by atoms with Crippen molar-refractivity contribution < 1.29 is 9.66 Å². The van der Waals surface area contributed by atoms with Gasteiger partial charge in [0.2, 0.25) is 5.82 Å². The average molecular weight is 240 g/mol. The summed E-state index contributed by atoms with van der Waals surface area (Å²) in [5.41, 5.74) is 5.62. The number of hydrogen-bond acceptors (Lipinski definition) is 5. The molecule has 0 spiro atoms. The number of ether oxygens (including phenoxy) is 1. The molecule has 1 aromatic rings. The van der Waals surface area contributed by atoms with Gasteiger partial charge in [-0.2, -0.15) is 5.10 Å². The molecule has 0 amide bonds. The van der Waals surface area contributed by atoms with Gasteiger partial charge in [-0.15, -0.1) is 0 Å². The summed E-state index contributed by atoms with van der Waals surface area (Å²) in [5, 5.41) is 14.7. The summed E-state index contributed by atoms with van der Waals surface area (Å²) in [7, 11) is 1.71. The van der Waals surface area contributed by atoms with Crippen molar-refractivity contribution in [2.75, 3.05) is 12.8 Å². The summed E-state index contributed by atoms with van der Waals surface area (Å²) in [4.78, 5) is 10.2. The fraction of sp³-hybridized carbons (Fsp3) is 0.700. The summed E-state index contributed by atoms with van der Waals surface area (Å²) in [5.74, 6) is 0.149. The summed E-state index contributed by atoms with van der Waals surface area (Å²) >= 11 is 0. The Balaban J connectivity index is 2.11. The lowest BCUT2D eigenvalue weighted by Gasteiger charge is -2.27. The van der Waals surface area contributed by atoms with E-state index in [4.69, 9.17) is 10.5 Å². The quantitative estimate of drug-likeness (QED) is 0.638. The molecule has 1 heterocycles. The molecule has 7 nitrogen and oxygen atoms in total. The van der Waals surface area contributed by atoms with Crippen molar-refractivity contribution in [3.8, 4) is 0 Å². The van der Waals surface area contributed by atoms with Crippen LogP contribution < -0.4 is 5.73 Å². The largest absolute Gasteiger partial charge is 0.381 e. The number of nitro groups is 1. The van der Waals surface area contributed by atoms with E-state index in [-0.39, 0.29) is 23.7 Å². The molecule has 0 bridgehead atoms. The van der Waals surface area contributed by atoms with E-state index in [2.05, 4.69) is 5.10 Å². The molecule has 0 saturated heterocycles.